The summed E-state index contributed by atoms with van der Waals surface area (Å²) in [5, 5.41) is 9.42. The number of benzene rings is 2. The van der Waals surface area contributed by atoms with Crippen LogP contribution in [0.3, 0.4) is 0 Å². The lowest BCUT2D eigenvalue weighted by atomic mass is 10.2. The van der Waals surface area contributed by atoms with E-state index in [0.29, 0.717) is 22.6 Å². The second-order valence-corrected chi connectivity index (χ2v) is 8.71. The fourth-order valence-electron chi connectivity index (χ4n) is 3.16. The number of primary sulfonamides is 1. The highest BCUT2D eigenvalue weighted by molar-refractivity contribution is 7.89. The molecule has 0 saturated carbocycles. The molecule has 0 unspecified atom stereocenters. The highest BCUT2D eigenvalue weighted by Crippen LogP contribution is 2.31. The predicted octanol–water partition coefficient (Wildman–Crippen LogP) is 3.52. The molecule has 12 heteroatoms. The molecule has 0 aliphatic rings. The zero-order valence-electron chi connectivity index (χ0n) is 17.2. The molecule has 8 nitrogen and oxygen atoms in total. The first kappa shape index (κ1) is 22.6. The molecule has 0 aliphatic carbocycles. The monoisotopic (exact) mass is 477 g/mol. The minimum absolute atomic E-state index is 0.0257. The van der Waals surface area contributed by atoms with Gasteiger partial charge in [-0.1, -0.05) is 6.07 Å². The molecule has 2 heterocycles. The van der Waals surface area contributed by atoms with Crippen LogP contribution in [-0.4, -0.2) is 27.7 Å². The largest absolute Gasteiger partial charge is 0.487 e. The number of hydrogen-bond acceptors (Lipinski definition) is 5. The SMILES string of the molecule is Cn1ncc(-c2cn(-c3cccc(S(N)(=O)=O)c3)cn2)c1COc1ccc(C(F)(F)F)cc1. The summed E-state index contributed by atoms with van der Waals surface area (Å²) in [5.41, 5.74) is 1.65. The van der Waals surface area contributed by atoms with Crippen LogP contribution < -0.4 is 9.88 Å². The topological polar surface area (TPSA) is 105 Å². The molecule has 0 aliphatic heterocycles. The zero-order chi connectivity index (χ0) is 23.8. The first-order valence-electron chi connectivity index (χ1n) is 9.51. The molecule has 2 aromatic carbocycles. The number of aryl methyl sites for hydroxylation is 1. The fourth-order valence-corrected chi connectivity index (χ4v) is 3.72. The number of sulfonamides is 1. The number of rotatable bonds is 6. The van der Waals surface area contributed by atoms with Crippen LogP contribution in [0.2, 0.25) is 0 Å². The Hall–Kier alpha value is -3.64. The lowest BCUT2D eigenvalue weighted by Gasteiger charge is -2.10. The molecule has 0 atom stereocenters. The summed E-state index contributed by atoms with van der Waals surface area (Å²) in [6, 6.07) is 10.5. The van der Waals surface area contributed by atoms with Gasteiger partial charge in [-0.3, -0.25) is 4.68 Å². The third-order valence-corrected chi connectivity index (χ3v) is 5.83. The maximum atomic E-state index is 12.7. The maximum Gasteiger partial charge on any atom is 0.416 e. The van der Waals surface area contributed by atoms with Crippen molar-refractivity contribution in [1.29, 1.82) is 0 Å². The molecule has 0 bridgehead atoms. The molecule has 0 fully saturated rings. The molecule has 4 rings (SSSR count). The molecule has 0 spiro atoms. The smallest absolute Gasteiger partial charge is 0.416 e. The molecule has 2 N–H and O–H groups in total. The molecular formula is C21H18F3N5O3S. The molecule has 2 aromatic heterocycles. The molecule has 172 valence electrons. The summed E-state index contributed by atoms with van der Waals surface area (Å²) in [7, 11) is -2.14. The molecular weight excluding hydrogens is 459 g/mol. The highest BCUT2D eigenvalue weighted by atomic mass is 32.2. The standard InChI is InChI=1S/C21H18F3N5O3S/c1-28-20(12-32-16-7-5-14(6-8-16)21(22,23)24)18(10-27-28)19-11-29(13-26-19)15-3-2-4-17(9-15)33(25,30)31/h2-11,13H,12H2,1H3,(H2,25,30,31). The van der Waals surface area contributed by atoms with Crippen molar-refractivity contribution in [1.82, 2.24) is 19.3 Å². The van der Waals surface area contributed by atoms with Gasteiger partial charge in [0.2, 0.25) is 10.0 Å². The Balaban J connectivity index is 1.56. The van der Waals surface area contributed by atoms with Gasteiger partial charge in [0.15, 0.2) is 0 Å². The van der Waals surface area contributed by atoms with E-state index in [9.17, 15) is 21.6 Å². The van der Waals surface area contributed by atoms with E-state index in [0.717, 1.165) is 12.1 Å². The van der Waals surface area contributed by atoms with Crippen LogP contribution in [0.4, 0.5) is 13.2 Å². The zero-order valence-corrected chi connectivity index (χ0v) is 18.0. The van der Waals surface area contributed by atoms with E-state index in [1.807, 2.05) is 0 Å². The quantitative estimate of drug-likeness (QED) is 0.458. The van der Waals surface area contributed by atoms with Crippen LogP contribution in [0.15, 0.2) is 72.1 Å². The number of nitrogens with zero attached hydrogens (tertiary/aromatic N) is 4. The molecule has 0 saturated heterocycles. The Morgan fingerprint density at radius 1 is 1.12 bits per heavy atom. The number of nitrogens with two attached hydrogens (primary N) is 1. The van der Waals surface area contributed by atoms with E-state index in [-0.39, 0.29) is 17.3 Å². The van der Waals surface area contributed by atoms with Crippen LogP contribution in [0.5, 0.6) is 5.75 Å². The van der Waals surface area contributed by atoms with Gasteiger partial charge in [0.05, 0.1) is 34.4 Å². The number of imidazole rings is 1. The van der Waals surface area contributed by atoms with Crippen molar-refractivity contribution in [3.05, 3.63) is 78.5 Å². The van der Waals surface area contributed by atoms with E-state index in [1.165, 1.54) is 30.6 Å². The highest BCUT2D eigenvalue weighted by Gasteiger charge is 2.30. The lowest BCUT2D eigenvalue weighted by molar-refractivity contribution is -0.137. The van der Waals surface area contributed by atoms with E-state index >= 15 is 0 Å². The minimum atomic E-state index is -4.42. The third kappa shape index (κ3) is 4.91. The fraction of sp³-hybridized carbons (Fsp3) is 0.143. The Labute approximate surface area is 187 Å². The number of aromatic nitrogens is 4. The van der Waals surface area contributed by atoms with Gasteiger partial charge in [0, 0.05) is 24.5 Å². The van der Waals surface area contributed by atoms with Gasteiger partial charge >= 0.3 is 6.18 Å². The second-order valence-electron chi connectivity index (χ2n) is 7.15. The first-order valence-corrected chi connectivity index (χ1v) is 11.1. The Morgan fingerprint density at radius 3 is 2.52 bits per heavy atom. The average Bonchev–Trinajstić information content (AvgIpc) is 3.38. The number of ether oxygens (including phenoxy) is 1. The summed E-state index contributed by atoms with van der Waals surface area (Å²) in [5.74, 6) is 0.278. The van der Waals surface area contributed by atoms with E-state index < -0.39 is 21.8 Å². The van der Waals surface area contributed by atoms with Crippen molar-refractivity contribution < 1.29 is 26.3 Å². The van der Waals surface area contributed by atoms with Crippen LogP contribution in [0, 0.1) is 0 Å². The van der Waals surface area contributed by atoms with Gasteiger partial charge in [-0.2, -0.15) is 18.3 Å². The summed E-state index contributed by atoms with van der Waals surface area (Å²) in [4.78, 5) is 4.34. The molecule has 33 heavy (non-hydrogen) atoms. The summed E-state index contributed by atoms with van der Waals surface area (Å²) < 4.78 is 70.3. The van der Waals surface area contributed by atoms with Crippen molar-refractivity contribution >= 4 is 10.0 Å². The van der Waals surface area contributed by atoms with Crippen molar-refractivity contribution in [2.75, 3.05) is 0 Å². The number of halogens is 3. The van der Waals surface area contributed by atoms with Gasteiger partial charge in [-0.25, -0.2) is 18.5 Å². The predicted molar refractivity (Wildman–Crippen MR) is 113 cm³/mol. The summed E-state index contributed by atoms with van der Waals surface area (Å²) in [6.45, 7) is 0.0466. The van der Waals surface area contributed by atoms with E-state index in [1.54, 1.807) is 40.8 Å². The molecule has 0 radical (unpaired) electrons. The van der Waals surface area contributed by atoms with Crippen LogP contribution in [-0.2, 0) is 29.9 Å². The number of alkyl halides is 3. The Kier molecular flexibility index (Phi) is 5.72. The summed E-state index contributed by atoms with van der Waals surface area (Å²) in [6.07, 6.45) is 0.394. The normalized spacial score (nSPS) is 12.2. The Morgan fingerprint density at radius 2 is 1.85 bits per heavy atom. The lowest BCUT2D eigenvalue weighted by Crippen LogP contribution is -2.12. The van der Waals surface area contributed by atoms with Crippen LogP contribution >= 0.6 is 0 Å². The molecule has 4 aromatic rings. The Bertz CT molecular complexity index is 1390. The van der Waals surface area contributed by atoms with Gasteiger partial charge < -0.3 is 9.30 Å². The van der Waals surface area contributed by atoms with E-state index in [2.05, 4.69) is 10.1 Å². The van der Waals surface area contributed by atoms with Crippen molar-refractivity contribution in [3.63, 3.8) is 0 Å². The minimum Gasteiger partial charge on any atom is -0.487 e. The van der Waals surface area contributed by atoms with E-state index in [4.69, 9.17) is 9.88 Å². The van der Waals surface area contributed by atoms with Gasteiger partial charge in [-0.15, -0.1) is 0 Å². The third-order valence-electron chi connectivity index (χ3n) is 4.92. The van der Waals surface area contributed by atoms with Crippen molar-refractivity contribution in [2.45, 2.75) is 17.7 Å². The average molecular weight is 477 g/mol. The summed E-state index contributed by atoms with van der Waals surface area (Å²) >= 11 is 0. The van der Waals surface area contributed by atoms with Gasteiger partial charge in [0.25, 0.3) is 0 Å². The van der Waals surface area contributed by atoms with Gasteiger partial charge in [0.1, 0.15) is 12.4 Å². The van der Waals surface area contributed by atoms with Crippen molar-refractivity contribution in [2.24, 2.45) is 12.2 Å². The van der Waals surface area contributed by atoms with Crippen LogP contribution in [0.1, 0.15) is 11.3 Å². The molecule has 0 amide bonds. The first-order chi connectivity index (χ1) is 15.5. The second kappa shape index (κ2) is 8.37. The van der Waals surface area contributed by atoms with Crippen LogP contribution in [0.25, 0.3) is 16.9 Å². The van der Waals surface area contributed by atoms with Crippen molar-refractivity contribution in [3.8, 4) is 22.7 Å². The van der Waals surface area contributed by atoms with Gasteiger partial charge in [-0.05, 0) is 42.5 Å². The maximum absolute atomic E-state index is 12.7. The number of hydrogen-bond donors (Lipinski definition) is 1.